The summed E-state index contributed by atoms with van der Waals surface area (Å²) in [4.78, 5) is 19.9. The van der Waals surface area contributed by atoms with Crippen LogP contribution in [0.5, 0.6) is 5.88 Å². The fourth-order valence-corrected chi connectivity index (χ4v) is 3.56. The van der Waals surface area contributed by atoms with Crippen LogP contribution in [-0.2, 0) is 13.0 Å². The van der Waals surface area contributed by atoms with Crippen molar-refractivity contribution in [3.8, 4) is 5.88 Å². The maximum absolute atomic E-state index is 12.6. The molecule has 4 rings (SSSR count). The highest BCUT2D eigenvalue weighted by atomic mass is 16.3. The number of imidazole rings is 2. The van der Waals surface area contributed by atoms with Gasteiger partial charge in [-0.1, -0.05) is 19.3 Å². The minimum Gasteiger partial charge on any atom is -0.493 e. The van der Waals surface area contributed by atoms with Gasteiger partial charge in [-0.2, -0.15) is 0 Å². The third-order valence-corrected chi connectivity index (χ3v) is 4.65. The zero-order valence-electron chi connectivity index (χ0n) is 11.3. The molecule has 20 heavy (non-hydrogen) atoms. The van der Waals surface area contributed by atoms with E-state index in [1.807, 2.05) is 0 Å². The Hall–Kier alpha value is -1.98. The van der Waals surface area contributed by atoms with Gasteiger partial charge in [0.1, 0.15) is 0 Å². The first-order chi connectivity index (χ1) is 9.75. The Morgan fingerprint density at radius 1 is 1.30 bits per heavy atom. The van der Waals surface area contributed by atoms with E-state index in [0.717, 1.165) is 37.1 Å². The predicted octanol–water partition coefficient (Wildman–Crippen LogP) is 1.54. The second kappa shape index (κ2) is 4.26. The number of aromatic nitrogens is 4. The van der Waals surface area contributed by atoms with Crippen LogP contribution in [0, 0.1) is 0 Å². The number of aromatic amines is 1. The molecule has 0 saturated heterocycles. The van der Waals surface area contributed by atoms with Crippen molar-refractivity contribution in [2.45, 2.75) is 51.1 Å². The molecule has 0 amide bonds. The lowest BCUT2D eigenvalue weighted by atomic mass is 9.95. The third-order valence-electron chi connectivity index (χ3n) is 4.65. The van der Waals surface area contributed by atoms with Gasteiger partial charge in [0.2, 0.25) is 5.88 Å². The van der Waals surface area contributed by atoms with Crippen molar-refractivity contribution in [3.05, 3.63) is 33.9 Å². The van der Waals surface area contributed by atoms with Crippen molar-refractivity contribution < 1.29 is 5.11 Å². The van der Waals surface area contributed by atoms with Gasteiger partial charge in [0.25, 0.3) is 0 Å². The van der Waals surface area contributed by atoms with E-state index in [4.69, 9.17) is 0 Å². The van der Waals surface area contributed by atoms with E-state index >= 15 is 0 Å². The van der Waals surface area contributed by atoms with Gasteiger partial charge < -0.3 is 10.1 Å². The summed E-state index contributed by atoms with van der Waals surface area (Å²) in [6.45, 7) is 0.483. The maximum Gasteiger partial charge on any atom is 0.331 e. The van der Waals surface area contributed by atoms with E-state index in [1.165, 1.54) is 6.42 Å². The fraction of sp³-hybridized carbons (Fsp3) is 0.571. The summed E-state index contributed by atoms with van der Waals surface area (Å²) >= 11 is 0. The van der Waals surface area contributed by atoms with Gasteiger partial charge in [0.15, 0.2) is 0 Å². The van der Waals surface area contributed by atoms with Crippen molar-refractivity contribution in [2.75, 3.05) is 0 Å². The number of rotatable bonds is 1. The first-order valence-corrected chi connectivity index (χ1v) is 7.29. The minimum atomic E-state index is -0.0790. The molecule has 2 N–H and O–H groups in total. The summed E-state index contributed by atoms with van der Waals surface area (Å²) in [5.41, 5.74) is 2.53. The molecule has 0 atom stereocenters. The smallest absolute Gasteiger partial charge is 0.331 e. The van der Waals surface area contributed by atoms with Crippen molar-refractivity contribution >= 4 is 0 Å². The molecule has 1 saturated carbocycles. The number of nitrogens with one attached hydrogen (secondary N) is 1. The van der Waals surface area contributed by atoms with Crippen LogP contribution in [0.1, 0.15) is 55.2 Å². The molecule has 2 aliphatic rings. The number of nitrogens with zero attached hydrogens (tertiary/aromatic N) is 3. The normalized spacial score (nSPS) is 18.8. The van der Waals surface area contributed by atoms with E-state index in [0.29, 0.717) is 18.7 Å². The topological polar surface area (TPSA) is 75.8 Å². The molecule has 0 bridgehead atoms. The van der Waals surface area contributed by atoms with Gasteiger partial charge in [0, 0.05) is 12.5 Å². The molecule has 0 aromatic carbocycles. The number of hydrogen-bond acceptors (Lipinski definition) is 3. The summed E-state index contributed by atoms with van der Waals surface area (Å²) in [6, 6.07) is 0.153. The lowest BCUT2D eigenvalue weighted by molar-refractivity contribution is 0.306. The first-order valence-electron chi connectivity index (χ1n) is 7.29. The highest BCUT2D eigenvalue weighted by molar-refractivity contribution is 5.32. The lowest BCUT2D eigenvalue weighted by Crippen LogP contribution is -2.30. The average Bonchev–Trinajstić information content (AvgIpc) is 3.02. The number of aromatic hydroxyl groups is 1. The van der Waals surface area contributed by atoms with Crippen molar-refractivity contribution in [3.63, 3.8) is 0 Å². The molecule has 1 fully saturated rings. The van der Waals surface area contributed by atoms with E-state index in [1.54, 1.807) is 15.5 Å². The molecule has 0 spiro atoms. The Kier molecular flexibility index (Phi) is 2.52. The average molecular weight is 274 g/mol. The lowest BCUT2D eigenvalue weighted by Gasteiger charge is -2.22. The van der Waals surface area contributed by atoms with Crippen LogP contribution in [0.15, 0.2) is 11.1 Å². The van der Waals surface area contributed by atoms with E-state index < -0.39 is 0 Å². The van der Waals surface area contributed by atoms with Crippen LogP contribution in [0.2, 0.25) is 0 Å². The van der Waals surface area contributed by atoms with Crippen LogP contribution < -0.4 is 5.69 Å². The van der Waals surface area contributed by atoms with Crippen LogP contribution in [0.4, 0.5) is 0 Å². The largest absolute Gasteiger partial charge is 0.493 e. The molecule has 6 heteroatoms. The number of fused-ring (bicyclic) bond motifs is 2. The van der Waals surface area contributed by atoms with Crippen LogP contribution in [0.3, 0.4) is 0 Å². The van der Waals surface area contributed by atoms with Gasteiger partial charge in [-0.05, 0) is 12.8 Å². The Morgan fingerprint density at radius 3 is 2.90 bits per heavy atom. The molecule has 1 aliphatic carbocycles. The molecule has 0 radical (unpaired) electrons. The summed E-state index contributed by atoms with van der Waals surface area (Å²) in [5.74, 6) is 0.149. The second-order valence-electron chi connectivity index (χ2n) is 5.81. The van der Waals surface area contributed by atoms with Gasteiger partial charge in [-0.15, -0.1) is 0 Å². The van der Waals surface area contributed by atoms with Gasteiger partial charge >= 0.3 is 5.69 Å². The summed E-state index contributed by atoms with van der Waals surface area (Å²) in [7, 11) is 0. The number of H-pyrrole nitrogens is 1. The standard InChI is InChI=1S/C14H18N4O2/c19-13-12-6-10-11(16-8-15-10)7-17(12)14(20)18(13)9-4-2-1-3-5-9/h8-9,19H,1-7H2,(H,15,16). The van der Waals surface area contributed by atoms with Gasteiger partial charge in [-0.3, -0.25) is 9.13 Å². The minimum absolute atomic E-state index is 0.0790. The molecule has 1 aliphatic heterocycles. The second-order valence-corrected chi connectivity index (χ2v) is 5.81. The molecule has 106 valence electrons. The van der Waals surface area contributed by atoms with E-state index in [9.17, 15) is 9.90 Å². The van der Waals surface area contributed by atoms with Gasteiger partial charge in [0.05, 0.1) is 30.0 Å². The summed E-state index contributed by atoms with van der Waals surface area (Å²) in [5, 5.41) is 10.5. The summed E-state index contributed by atoms with van der Waals surface area (Å²) < 4.78 is 3.30. The Bertz CT molecular complexity index is 703. The summed E-state index contributed by atoms with van der Waals surface area (Å²) in [6.07, 6.45) is 7.65. The SMILES string of the molecule is O=c1n2c(c(O)n1C1CCCCC1)Cc1nc[nH]c1C2. The fourth-order valence-electron chi connectivity index (χ4n) is 3.56. The monoisotopic (exact) mass is 274 g/mol. The molecule has 2 aromatic heterocycles. The number of hydrogen-bond donors (Lipinski definition) is 2. The van der Waals surface area contributed by atoms with E-state index in [-0.39, 0.29) is 17.6 Å². The molecule has 2 aromatic rings. The highest BCUT2D eigenvalue weighted by Crippen LogP contribution is 2.33. The quantitative estimate of drug-likeness (QED) is 0.706. The van der Waals surface area contributed by atoms with E-state index in [2.05, 4.69) is 9.97 Å². The maximum atomic E-state index is 12.6. The van der Waals surface area contributed by atoms with Crippen LogP contribution in [-0.4, -0.2) is 24.2 Å². The third kappa shape index (κ3) is 1.57. The van der Waals surface area contributed by atoms with Crippen molar-refractivity contribution in [1.29, 1.82) is 0 Å². The Labute approximate surface area is 116 Å². The first kappa shape index (κ1) is 11.8. The van der Waals surface area contributed by atoms with Crippen molar-refractivity contribution in [2.24, 2.45) is 0 Å². The molecule has 6 nitrogen and oxygen atoms in total. The Morgan fingerprint density at radius 2 is 2.10 bits per heavy atom. The van der Waals surface area contributed by atoms with Crippen LogP contribution in [0.25, 0.3) is 0 Å². The molecular weight excluding hydrogens is 256 g/mol. The zero-order valence-corrected chi connectivity index (χ0v) is 11.3. The molecular formula is C14H18N4O2. The highest BCUT2D eigenvalue weighted by Gasteiger charge is 2.29. The zero-order chi connectivity index (χ0) is 13.7. The molecule has 3 heterocycles. The Balaban J connectivity index is 1.80. The molecule has 0 unspecified atom stereocenters. The van der Waals surface area contributed by atoms with Crippen molar-refractivity contribution in [1.82, 2.24) is 19.1 Å². The predicted molar refractivity (Wildman–Crippen MR) is 73.0 cm³/mol. The van der Waals surface area contributed by atoms with Gasteiger partial charge in [-0.25, -0.2) is 9.78 Å². The van der Waals surface area contributed by atoms with Crippen LogP contribution >= 0.6 is 0 Å².